The van der Waals surface area contributed by atoms with Gasteiger partial charge in [0.1, 0.15) is 17.8 Å². The van der Waals surface area contributed by atoms with Crippen LogP contribution in [-0.2, 0) is 6.54 Å². The van der Waals surface area contributed by atoms with Crippen LogP contribution in [0.2, 0.25) is 0 Å². The largest absolute Gasteiger partial charge is 0.368 e. The van der Waals surface area contributed by atoms with Crippen molar-refractivity contribution in [3.63, 3.8) is 0 Å². The fourth-order valence-corrected chi connectivity index (χ4v) is 4.33. The molecule has 2 aliphatic rings. The van der Waals surface area contributed by atoms with E-state index in [0.29, 0.717) is 12.6 Å². The van der Waals surface area contributed by atoms with E-state index in [4.69, 9.17) is 4.98 Å². The van der Waals surface area contributed by atoms with Gasteiger partial charge >= 0.3 is 0 Å². The molecule has 3 aromatic rings. The van der Waals surface area contributed by atoms with Crippen molar-refractivity contribution in [2.24, 2.45) is 0 Å². The van der Waals surface area contributed by atoms with E-state index in [1.165, 1.54) is 24.0 Å². The second-order valence-corrected chi connectivity index (χ2v) is 7.35. The summed E-state index contributed by atoms with van der Waals surface area (Å²) >= 11 is 1.62. The first kappa shape index (κ1) is 14.1. The normalized spacial score (nSPS) is 19.8. The van der Waals surface area contributed by atoms with Gasteiger partial charge in [0.15, 0.2) is 12.1 Å². The average Bonchev–Trinajstić information content (AvgIpc) is 3.06. The van der Waals surface area contributed by atoms with Gasteiger partial charge in [-0.05, 0) is 48.4 Å². The Kier molecular flexibility index (Phi) is 3.01. The van der Waals surface area contributed by atoms with Crippen LogP contribution in [0.5, 0.6) is 0 Å². The highest BCUT2D eigenvalue weighted by molar-refractivity contribution is 7.10. The summed E-state index contributed by atoms with van der Waals surface area (Å²) in [5.41, 5.74) is 3.26. The van der Waals surface area contributed by atoms with Gasteiger partial charge in [-0.25, -0.2) is 4.98 Å². The van der Waals surface area contributed by atoms with E-state index in [9.17, 15) is 5.11 Å². The van der Waals surface area contributed by atoms with Crippen LogP contribution < -0.4 is 4.90 Å². The van der Waals surface area contributed by atoms with Crippen molar-refractivity contribution in [3.05, 3.63) is 45.9 Å². The Morgan fingerprint density at radius 2 is 2.17 bits per heavy atom. The van der Waals surface area contributed by atoms with Crippen molar-refractivity contribution >= 4 is 17.2 Å². The van der Waals surface area contributed by atoms with Gasteiger partial charge in [0.05, 0.1) is 4.88 Å². The number of pyridine rings is 1. The number of rotatable bonds is 3. The molecule has 1 saturated carbocycles. The topological polar surface area (TPSA) is 67.1 Å². The highest BCUT2D eigenvalue weighted by atomic mass is 32.1. The lowest BCUT2D eigenvalue weighted by Crippen LogP contribution is -2.22. The van der Waals surface area contributed by atoms with Gasteiger partial charge in [0.25, 0.3) is 0 Å². The number of aliphatic hydroxyl groups excluding tert-OH is 1. The molecule has 1 atom stereocenters. The first-order chi connectivity index (χ1) is 11.7. The predicted octanol–water partition coefficient (Wildman–Crippen LogP) is 3.06. The van der Waals surface area contributed by atoms with Crippen LogP contribution in [0.15, 0.2) is 29.9 Å². The van der Waals surface area contributed by atoms with Crippen LogP contribution >= 0.6 is 11.3 Å². The summed E-state index contributed by atoms with van der Waals surface area (Å²) in [5, 5.41) is 21.0. The zero-order valence-electron chi connectivity index (χ0n) is 13.3. The van der Waals surface area contributed by atoms with E-state index in [1.54, 1.807) is 17.7 Å². The van der Waals surface area contributed by atoms with E-state index >= 15 is 0 Å². The number of nitrogens with zero attached hydrogens (tertiary/aromatic N) is 5. The smallest absolute Gasteiger partial charge is 0.182 e. The molecule has 0 radical (unpaired) electrons. The Bertz CT molecular complexity index is 913. The first-order valence-corrected chi connectivity index (χ1v) is 8.99. The Balaban J connectivity index is 1.51. The third-order valence-corrected chi connectivity index (χ3v) is 5.95. The molecule has 6 nitrogen and oxygen atoms in total. The molecule has 0 aromatic carbocycles. The molecule has 0 amide bonds. The third-order valence-electron chi connectivity index (χ3n) is 4.77. The van der Waals surface area contributed by atoms with Gasteiger partial charge in [-0.1, -0.05) is 6.07 Å². The maximum Gasteiger partial charge on any atom is 0.182 e. The number of fused-ring (bicyclic) bond motifs is 1. The summed E-state index contributed by atoms with van der Waals surface area (Å²) in [6.07, 6.45) is 3.51. The Hall–Kier alpha value is -2.25. The van der Waals surface area contributed by atoms with Crippen LogP contribution in [-0.4, -0.2) is 24.9 Å². The summed E-state index contributed by atoms with van der Waals surface area (Å²) in [4.78, 5) is 7.73. The van der Waals surface area contributed by atoms with Crippen LogP contribution in [0, 0.1) is 6.92 Å². The SMILES string of the molecule is Cc1csc2c1CN(c1cccc(-c3nncn3C3CC3)n1)C2O. The zero-order valence-corrected chi connectivity index (χ0v) is 14.1. The molecule has 4 heterocycles. The molecule has 122 valence electrons. The van der Waals surface area contributed by atoms with Crippen LogP contribution in [0.4, 0.5) is 5.82 Å². The van der Waals surface area contributed by atoms with Gasteiger partial charge in [-0.2, -0.15) is 0 Å². The molecule has 1 N–H and O–H groups in total. The predicted molar refractivity (Wildman–Crippen MR) is 91.7 cm³/mol. The lowest BCUT2D eigenvalue weighted by Gasteiger charge is -2.22. The second kappa shape index (κ2) is 5.12. The van der Waals surface area contributed by atoms with Gasteiger partial charge in [-0.15, -0.1) is 21.5 Å². The number of anilines is 1. The molecular weight excluding hydrogens is 322 g/mol. The highest BCUT2D eigenvalue weighted by Crippen LogP contribution is 2.41. The van der Waals surface area contributed by atoms with Crippen molar-refractivity contribution < 1.29 is 5.11 Å². The van der Waals surface area contributed by atoms with Crippen LogP contribution in [0.1, 0.15) is 41.1 Å². The molecule has 7 heteroatoms. The summed E-state index contributed by atoms with van der Waals surface area (Å²) < 4.78 is 2.10. The third kappa shape index (κ3) is 2.08. The molecule has 0 spiro atoms. The number of aryl methyl sites for hydroxylation is 1. The summed E-state index contributed by atoms with van der Waals surface area (Å²) in [6.45, 7) is 2.78. The minimum Gasteiger partial charge on any atom is -0.368 e. The second-order valence-electron chi connectivity index (χ2n) is 6.44. The lowest BCUT2D eigenvalue weighted by molar-refractivity contribution is 0.184. The van der Waals surface area contributed by atoms with E-state index in [1.807, 2.05) is 23.1 Å². The van der Waals surface area contributed by atoms with Gasteiger partial charge in [0.2, 0.25) is 0 Å². The first-order valence-electron chi connectivity index (χ1n) is 8.11. The summed E-state index contributed by atoms with van der Waals surface area (Å²) in [6, 6.07) is 6.37. The number of aromatic nitrogens is 4. The quantitative estimate of drug-likeness (QED) is 0.794. The molecule has 1 fully saturated rings. The molecule has 24 heavy (non-hydrogen) atoms. The van der Waals surface area contributed by atoms with Gasteiger partial charge in [0, 0.05) is 12.6 Å². The van der Waals surface area contributed by atoms with Crippen molar-refractivity contribution in [2.45, 2.75) is 38.6 Å². The van der Waals surface area contributed by atoms with Crippen LogP contribution in [0.3, 0.4) is 0 Å². The van der Waals surface area contributed by atoms with E-state index in [0.717, 1.165) is 22.2 Å². The standard InChI is InChI=1S/C17H17N5OS/c1-10-8-24-15-12(10)7-21(17(15)23)14-4-2-3-13(19-14)16-20-18-9-22(16)11-5-6-11/h2-4,8-9,11,17,23H,5-7H2,1H3. The molecule has 0 saturated heterocycles. The Morgan fingerprint density at radius 1 is 1.29 bits per heavy atom. The molecule has 3 aromatic heterocycles. The molecule has 1 aliphatic heterocycles. The fourth-order valence-electron chi connectivity index (χ4n) is 3.27. The minimum absolute atomic E-state index is 0.507. The molecule has 1 aliphatic carbocycles. The summed E-state index contributed by atoms with van der Waals surface area (Å²) in [5.74, 6) is 1.58. The van der Waals surface area contributed by atoms with Gasteiger partial charge in [-0.3, -0.25) is 0 Å². The Labute approximate surface area is 143 Å². The van der Waals surface area contributed by atoms with Crippen molar-refractivity contribution in [1.82, 2.24) is 19.7 Å². The molecular formula is C17H17N5OS. The highest BCUT2D eigenvalue weighted by Gasteiger charge is 2.33. The fraction of sp³-hybridized carbons (Fsp3) is 0.353. The molecule has 1 unspecified atom stereocenters. The summed E-state index contributed by atoms with van der Waals surface area (Å²) in [7, 11) is 0. The monoisotopic (exact) mass is 339 g/mol. The molecule has 5 rings (SSSR count). The number of hydrogen-bond acceptors (Lipinski definition) is 6. The maximum atomic E-state index is 10.6. The number of aliphatic hydroxyl groups is 1. The minimum atomic E-state index is -0.622. The maximum absolute atomic E-state index is 10.6. The van der Waals surface area contributed by atoms with Crippen molar-refractivity contribution in [2.75, 3.05) is 4.90 Å². The van der Waals surface area contributed by atoms with Crippen molar-refractivity contribution in [1.29, 1.82) is 0 Å². The number of hydrogen-bond donors (Lipinski definition) is 1. The average molecular weight is 339 g/mol. The number of thiophene rings is 1. The van der Waals surface area contributed by atoms with E-state index in [2.05, 4.69) is 27.1 Å². The van der Waals surface area contributed by atoms with E-state index in [-0.39, 0.29) is 0 Å². The zero-order chi connectivity index (χ0) is 16.3. The Morgan fingerprint density at radius 3 is 2.96 bits per heavy atom. The van der Waals surface area contributed by atoms with Crippen molar-refractivity contribution in [3.8, 4) is 11.5 Å². The lowest BCUT2D eigenvalue weighted by atomic mass is 10.2. The van der Waals surface area contributed by atoms with Gasteiger partial charge < -0.3 is 14.6 Å². The molecule has 0 bridgehead atoms. The van der Waals surface area contributed by atoms with Crippen LogP contribution in [0.25, 0.3) is 11.5 Å². The van der Waals surface area contributed by atoms with E-state index < -0.39 is 6.23 Å².